The fourth-order valence-corrected chi connectivity index (χ4v) is 0.311. The molecule has 21 heavy (non-hydrogen) atoms. The quantitative estimate of drug-likeness (QED) is 0.771. The van der Waals surface area contributed by atoms with Gasteiger partial charge in [0.05, 0.1) is 0 Å². The Morgan fingerprint density at radius 2 is 1.24 bits per heavy atom. The lowest BCUT2D eigenvalue weighted by Gasteiger charge is -1.97. The van der Waals surface area contributed by atoms with E-state index in [-0.39, 0.29) is 17.5 Å². The topological polar surface area (TPSA) is 106 Å². The van der Waals surface area contributed by atoms with Crippen LogP contribution in [0, 0.1) is 0 Å². The molecule has 0 aliphatic rings. The van der Waals surface area contributed by atoms with Crippen molar-refractivity contribution in [2.45, 2.75) is 41.5 Å². The Hall–Kier alpha value is -2.24. The molecule has 0 aromatic carbocycles. The molecule has 0 unspecified atom stereocenters. The van der Waals surface area contributed by atoms with E-state index in [9.17, 15) is 19.2 Å². The van der Waals surface area contributed by atoms with Crippen molar-refractivity contribution in [2.75, 3.05) is 6.54 Å². The minimum absolute atomic E-state index is 0.0625. The van der Waals surface area contributed by atoms with Gasteiger partial charge in [-0.3, -0.25) is 9.59 Å². The van der Waals surface area contributed by atoms with E-state index in [1.54, 1.807) is 6.92 Å². The number of Topliss-reactive ketones (excluding diaryl/α,β-unsaturated/α-hetero) is 2. The van der Waals surface area contributed by atoms with Gasteiger partial charge in [-0.25, -0.2) is 0 Å². The summed E-state index contributed by atoms with van der Waals surface area (Å²) in [6.07, 6.45) is 1.06. The Balaban J connectivity index is -0.0000000970. The number of nitrogens with one attached hydrogen (secondary N) is 1. The molecular weight excluding hydrogens is 272 g/mol. The van der Waals surface area contributed by atoms with Gasteiger partial charge in [-0.2, -0.15) is 0 Å². The molecular formula is C15H28N2O4. The normalized spacial score (nSPS) is 7.14. The minimum Gasteiger partial charge on any atom is -0.366 e. The highest BCUT2D eigenvalue weighted by Crippen LogP contribution is 1.82. The van der Waals surface area contributed by atoms with Gasteiger partial charge in [-0.05, 0) is 47.6 Å². The van der Waals surface area contributed by atoms with Crippen molar-refractivity contribution in [3.8, 4) is 0 Å². The number of carbonyl (C=O) groups excluding carboxylic acids is 4. The third kappa shape index (κ3) is 96.5. The molecule has 0 aromatic heterocycles. The number of hydrogen-bond donors (Lipinski definition) is 2. The fourth-order valence-electron chi connectivity index (χ4n) is 0.311. The maximum absolute atomic E-state index is 10.5. The summed E-state index contributed by atoms with van der Waals surface area (Å²) < 4.78 is 0. The largest absolute Gasteiger partial charge is 0.366 e. The zero-order valence-corrected chi connectivity index (χ0v) is 13.9. The van der Waals surface area contributed by atoms with Crippen LogP contribution in [0.3, 0.4) is 0 Å². The van der Waals surface area contributed by atoms with Gasteiger partial charge in [0.1, 0.15) is 11.6 Å². The van der Waals surface area contributed by atoms with Crippen LogP contribution in [-0.4, -0.2) is 29.9 Å². The number of amides is 2. The second kappa shape index (κ2) is 20.1. The van der Waals surface area contributed by atoms with Gasteiger partial charge < -0.3 is 20.6 Å². The molecule has 0 rings (SSSR count). The summed E-state index contributed by atoms with van der Waals surface area (Å²) in [4.78, 5) is 38.9. The summed E-state index contributed by atoms with van der Waals surface area (Å²) in [5.74, 6) is -0.211. The van der Waals surface area contributed by atoms with Crippen molar-refractivity contribution < 1.29 is 19.2 Å². The molecule has 0 aliphatic carbocycles. The average molecular weight is 300 g/mol. The van der Waals surface area contributed by atoms with Crippen LogP contribution in [0.4, 0.5) is 0 Å². The van der Waals surface area contributed by atoms with Crippen molar-refractivity contribution in [1.82, 2.24) is 5.32 Å². The zero-order chi connectivity index (χ0) is 18.0. The van der Waals surface area contributed by atoms with Crippen molar-refractivity contribution >= 4 is 23.4 Å². The van der Waals surface area contributed by atoms with Gasteiger partial charge >= 0.3 is 0 Å². The standard InChI is InChI=1S/C6H11NO.C3H5NO.2C3H6O/c1-4-7-6(8)5(2)3;1-2-3(4)5;2*1-3(2)4/h2,4H2,1,3H3,(H,7,8);2H,1H2,(H2,4,5);2*1-2H3. The van der Waals surface area contributed by atoms with Crippen molar-refractivity contribution in [2.24, 2.45) is 5.73 Å². The first-order valence-electron chi connectivity index (χ1n) is 6.22. The maximum Gasteiger partial charge on any atom is 0.246 e. The smallest absolute Gasteiger partial charge is 0.246 e. The Bertz CT molecular complexity index is 341. The van der Waals surface area contributed by atoms with Crippen LogP contribution in [0.15, 0.2) is 24.8 Å². The molecule has 0 bridgehead atoms. The van der Waals surface area contributed by atoms with Crippen LogP contribution in [0.1, 0.15) is 41.5 Å². The monoisotopic (exact) mass is 300 g/mol. The first kappa shape index (κ1) is 27.2. The highest BCUT2D eigenvalue weighted by Gasteiger charge is 1.95. The van der Waals surface area contributed by atoms with Crippen LogP contribution in [0.2, 0.25) is 0 Å². The lowest BCUT2D eigenvalue weighted by molar-refractivity contribution is -0.117. The van der Waals surface area contributed by atoms with Gasteiger partial charge in [-0.1, -0.05) is 13.2 Å². The van der Waals surface area contributed by atoms with Crippen LogP contribution < -0.4 is 11.1 Å². The summed E-state index contributed by atoms with van der Waals surface area (Å²) in [6.45, 7) is 16.9. The van der Waals surface area contributed by atoms with Crippen LogP contribution in [0.5, 0.6) is 0 Å². The van der Waals surface area contributed by atoms with Crippen molar-refractivity contribution in [3.63, 3.8) is 0 Å². The number of rotatable bonds is 3. The number of likely N-dealkylation sites (N-methyl/N-ethyl adjacent to an activating group) is 1. The molecule has 0 atom stereocenters. The number of nitrogens with two attached hydrogens (primary N) is 1. The SMILES string of the molecule is C=C(C)C(=O)NCC.C=CC(N)=O.CC(C)=O.CC(C)=O. The first-order chi connectivity index (χ1) is 9.41. The Morgan fingerprint density at radius 3 is 1.29 bits per heavy atom. The molecule has 3 N–H and O–H groups in total. The Labute approximate surface area is 127 Å². The minimum atomic E-state index is -0.481. The van der Waals surface area contributed by atoms with Crippen LogP contribution >= 0.6 is 0 Å². The Morgan fingerprint density at radius 1 is 1.00 bits per heavy atom. The highest BCUT2D eigenvalue weighted by molar-refractivity contribution is 5.91. The fraction of sp³-hybridized carbons (Fsp3) is 0.467. The van der Waals surface area contributed by atoms with E-state index >= 15 is 0 Å². The van der Waals surface area contributed by atoms with Gasteiger partial charge in [0.15, 0.2) is 0 Å². The molecule has 2 amide bonds. The molecule has 0 radical (unpaired) electrons. The number of hydrogen-bond acceptors (Lipinski definition) is 4. The molecule has 0 spiro atoms. The molecule has 0 saturated heterocycles. The van der Waals surface area contributed by atoms with E-state index in [2.05, 4.69) is 24.2 Å². The summed E-state index contributed by atoms with van der Waals surface area (Å²) in [5, 5.41) is 2.61. The molecule has 0 aliphatic heterocycles. The van der Waals surface area contributed by atoms with E-state index in [4.69, 9.17) is 0 Å². The second-order valence-corrected chi connectivity index (χ2v) is 4.06. The second-order valence-electron chi connectivity index (χ2n) is 4.06. The highest BCUT2D eigenvalue weighted by atomic mass is 16.2. The van der Waals surface area contributed by atoms with Crippen LogP contribution in [-0.2, 0) is 19.2 Å². The van der Waals surface area contributed by atoms with E-state index in [1.807, 2.05) is 6.92 Å². The van der Waals surface area contributed by atoms with Crippen LogP contribution in [0.25, 0.3) is 0 Å². The molecule has 6 heteroatoms. The number of carbonyl (C=O) groups is 4. The first-order valence-corrected chi connectivity index (χ1v) is 6.22. The predicted molar refractivity (Wildman–Crippen MR) is 85.6 cm³/mol. The lowest BCUT2D eigenvalue weighted by Crippen LogP contribution is -2.22. The average Bonchev–Trinajstić information content (AvgIpc) is 2.28. The van der Waals surface area contributed by atoms with E-state index in [1.165, 1.54) is 27.7 Å². The summed E-state index contributed by atoms with van der Waals surface area (Å²) >= 11 is 0. The molecule has 0 fully saturated rings. The van der Waals surface area contributed by atoms with Gasteiger partial charge in [0, 0.05) is 12.1 Å². The van der Waals surface area contributed by atoms with Gasteiger partial charge in [0.2, 0.25) is 11.8 Å². The van der Waals surface area contributed by atoms with E-state index in [0.717, 1.165) is 6.08 Å². The van der Waals surface area contributed by atoms with Gasteiger partial charge in [0.25, 0.3) is 0 Å². The molecule has 0 aromatic rings. The van der Waals surface area contributed by atoms with E-state index in [0.29, 0.717) is 12.1 Å². The molecule has 6 nitrogen and oxygen atoms in total. The lowest BCUT2D eigenvalue weighted by atomic mass is 10.3. The molecule has 0 heterocycles. The molecule has 0 saturated carbocycles. The summed E-state index contributed by atoms with van der Waals surface area (Å²) in [6, 6.07) is 0. The third-order valence-corrected chi connectivity index (χ3v) is 0.926. The number of primary amides is 1. The van der Waals surface area contributed by atoms with Crippen molar-refractivity contribution in [1.29, 1.82) is 0 Å². The Kier molecular flexibility index (Phi) is 26.0. The van der Waals surface area contributed by atoms with Crippen molar-refractivity contribution in [3.05, 3.63) is 24.8 Å². The predicted octanol–water partition coefficient (Wildman–Crippen LogP) is 1.55. The summed E-state index contributed by atoms with van der Waals surface area (Å²) in [7, 11) is 0. The van der Waals surface area contributed by atoms with Gasteiger partial charge in [-0.15, -0.1) is 0 Å². The number of ketones is 2. The zero-order valence-electron chi connectivity index (χ0n) is 13.9. The third-order valence-electron chi connectivity index (χ3n) is 0.926. The summed E-state index contributed by atoms with van der Waals surface area (Å²) in [5.41, 5.74) is 5.10. The van der Waals surface area contributed by atoms with E-state index < -0.39 is 5.91 Å². The maximum atomic E-state index is 10.5. The molecule has 122 valence electrons.